The number of hydrogen-bond acceptors (Lipinski definition) is 5. The molecular weight excluding hydrogens is 390 g/mol. The molecule has 0 aliphatic heterocycles. The number of fused-ring (bicyclic) bond motifs is 1. The highest BCUT2D eigenvalue weighted by Crippen LogP contribution is 2.18. The van der Waals surface area contributed by atoms with Gasteiger partial charge in [0.05, 0.1) is 23.6 Å². The van der Waals surface area contributed by atoms with Crippen LogP contribution < -0.4 is 11.3 Å². The zero-order valence-corrected chi connectivity index (χ0v) is 16.9. The first-order valence-electron chi connectivity index (χ1n) is 8.89. The van der Waals surface area contributed by atoms with E-state index in [4.69, 9.17) is 10.5 Å². The zero-order chi connectivity index (χ0) is 21.0. The molecule has 1 atom stereocenters. The molecule has 0 bridgehead atoms. The maximum atomic E-state index is 11.7. The van der Waals surface area contributed by atoms with Crippen molar-refractivity contribution in [2.45, 2.75) is 26.2 Å². The number of carbonyl (C=O) groups excluding carboxylic acids is 1. The van der Waals surface area contributed by atoms with Crippen LogP contribution in [0.4, 0.5) is 4.79 Å². The molecule has 7 nitrogen and oxygen atoms in total. The van der Waals surface area contributed by atoms with Crippen LogP contribution in [-0.2, 0) is 25.0 Å². The lowest BCUT2D eigenvalue weighted by atomic mass is 10.1. The summed E-state index contributed by atoms with van der Waals surface area (Å²) in [6.07, 6.45) is 0. The Morgan fingerprint density at radius 3 is 2.83 bits per heavy atom. The maximum Gasteiger partial charge on any atom is 0.339 e. The Hall–Kier alpha value is -3.12. The quantitative estimate of drug-likeness (QED) is 0.383. The minimum Gasteiger partial charge on any atom is -0.371 e. The van der Waals surface area contributed by atoms with Crippen molar-refractivity contribution in [1.29, 1.82) is 0 Å². The van der Waals surface area contributed by atoms with E-state index >= 15 is 0 Å². The fourth-order valence-electron chi connectivity index (χ4n) is 2.74. The number of aryl methyl sites for hydroxylation is 1. The number of nitrogens with zero attached hydrogens (tertiary/aromatic N) is 2. The van der Waals surface area contributed by atoms with Crippen LogP contribution in [0.3, 0.4) is 0 Å². The molecule has 0 saturated heterocycles. The van der Waals surface area contributed by atoms with Gasteiger partial charge in [-0.25, -0.2) is 4.79 Å². The Morgan fingerprint density at radius 1 is 1.28 bits per heavy atom. The number of urea groups is 1. The van der Waals surface area contributed by atoms with E-state index in [9.17, 15) is 14.8 Å². The normalized spacial score (nSPS) is 11.7. The fourth-order valence-corrected chi connectivity index (χ4v) is 3.55. The van der Waals surface area contributed by atoms with E-state index in [0.717, 1.165) is 26.2 Å². The second-order valence-corrected chi connectivity index (χ2v) is 7.68. The Bertz CT molecular complexity index is 1160. The average Bonchev–Trinajstić information content (AvgIpc) is 3.16. The minimum absolute atomic E-state index is 0.0335. The van der Waals surface area contributed by atoms with Crippen molar-refractivity contribution in [2.24, 2.45) is 12.8 Å². The summed E-state index contributed by atoms with van der Waals surface area (Å²) in [4.78, 5) is 24.4. The van der Waals surface area contributed by atoms with Gasteiger partial charge in [0.15, 0.2) is 0 Å². The van der Waals surface area contributed by atoms with E-state index in [0.29, 0.717) is 18.3 Å². The molecule has 0 radical (unpaired) electrons. The highest BCUT2D eigenvalue weighted by Gasteiger charge is 2.11. The summed E-state index contributed by atoms with van der Waals surface area (Å²) in [5.41, 5.74) is 6.87. The Labute approximate surface area is 171 Å². The van der Waals surface area contributed by atoms with Gasteiger partial charge >= 0.3 is 6.03 Å². The number of thiophene rings is 1. The van der Waals surface area contributed by atoms with Gasteiger partial charge in [0, 0.05) is 18.0 Å². The predicted molar refractivity (Wildman–Crippen MR) is 112 cm³/mol. The average molecular weight is 411 g/mol. The first kappa shape index (κ1) is 20.6. The number of ether oxygens (including phenoxy) is 1. The van der Waals surface area contributed by atoms with Gasteiger partial charge in [-0.1, -0.05) is 17.9 Å². The number of carbonyl (C=O) groups is 1. The fraction of sp³-hybridized carbons (Fsp3) is 0.238. The third kappa shape index (κ3) is 5.03. The molecule has 1 unspecified atom stereocenters. The molecule has 0 aliphatic carbocycles. The summed E-state index contributed by atoms with van der Waals surface area (Å²) < 4.78 is 7.42. The van der Waals surface area contributed by atoms with Crippen molar-refractivity contribution in [1.82, 2.24) is 9.63 Å². The molecule has 2 heterocycles. The Kier molecular flexibility index (Phi) is 6.34. The zero-order valence-electron chi connectivity index (χ0n) is 16.1. The highest BCUT2D eigenvalue weighted by molar-refractivity contribution is 7.12. The number of aromatic nitrogens is 1. The smallest absolute Gasteiger partial charge is 0.339 e. The predicted octanol–water partition coefficient (Wildman–Crippen LogP) is 2.83. The van der Waals surface area contributed by atoms with Crippen molar-refractivity contribution in [2.75, 3.05) is 0 Å². The number of primary amides is 1. The number of pyridine rings is 1. The van der Waals surface area contributed by atoms with E-state index in [1.807, 2.05) is 36.4 Å². The second-order valence-electron chi connectivity index (χ2n) is 6.51. The third-order valence-electron chi connectivity index (χ3n) is 4.36. The lowest BCUT2D eigenvalue weighted by molar-refractivity contribution is -0.0536. The maximum absolute atomic E-state index is 11.7. The standard InChI is InChI=1S/C21H21N3O4S/c1-14(24(27)21(22)26)3-6-17-7-8-18(29-17)13-28-12-15-4-9-19-16(11-15)5-10-20(25)23(19)2/h4-5,7-11,14,27H,12-13H2,1-2H3,(H2,22,26). The summed E-state index contributed by atoms with van der Waals surface area (Å²) >= 11 is 1.48. The summed E-state index contributed by atoms with van der Waals surface area (Å²) in [5.74, 6) is 5.69. The van der Waals surface area contributed by atoms with Gasteiger partial charge in [0.25, 0.3) is 5.56 Å². The molecule has 3 N–H and O–H groups in total. The van der Waals surface area contributed by atoms with Gasteiger partial charge in [-0.3, -0.25) is 10.0 Å². The van der Waals surface area contributed by atoms with Crippen LogP contribution in [-0.4, -0.2) is 26.9 Å². The van der Waals surface area contributed by atoms with Crippen LogP contribution in [0, 0.1) is 11.8 Å². The SMILES string of the molecule is CC(C#Cc1ccc(COCc2ccc3c(ccc(=O)n3C)c2)s1)N(O)C(N)=O. The molecule has 2 aromatic heterocycles. The van der Waals surface area contributed by atoms with Gasteiger partial charge in [-0.2, -0.15) is 5.06 Å². The van der Waals surface area contributed by atoms with Crippen molar-refractivity contribution >= 4 is 28.3 Å². The molecular formula is C21H21N3O4S. The first-order chi connectivity index (χ1) is 13.8. The molecule has 1 aromatic carbocycles. The van der Waals surface area contributed by atoms with Crippen molar-refractivity contribution < 1.29 is 14.7 Å². The molecule has 0 aliphatic rings. The van der Waals surface area contributed by atoms with Crippen LogP contribution in [0.15, 0.2) is 47.3 Å². The Morgan fingerprint density at radius 2 is 2.07 bits per heavy atom. The molecule has 2 amide bonds. The van der Waals surface area contributed by atoms with Gasteiger partial charge in [0.2, 0.25) is 0 Å². The van der Waals surface area contributed by atoms with E-state index in [-0.39, 0.29) is 5.56 Å². The topological polar surface area (TPSA) is 97.8 Å². The summed E-state index contributed by atoms with van der Waals surface area (Å²) in [5, 5.41) is 10.8. The summed E-state index contributed by atoms with van der Waals surface area (Å²) in [6, 6.07) is 11.4. The van der Waals surface area contributed by atoms with E-state index in [1.165, 1.54) is 11.3 Å². The summed E-state index contributed by atoms with van der Waals surface area (Å²) in [6.45, 7) is 2.48. The lowest BCUT2D eigenvalue weighted by Gasteiger charge is -2.14. The van der Waals surface area contributed by atoms with Gasteiger partial charge < -0.3 is 15.0 Å². The number of nitrogens with two attached hydrogens (primary N) is 1. The lowest BCUT2D eigenvalue weighted by Crippen LogP contribution is -2.38. The number of hydrogen-bond donors (Lipinski definition) is 2. The third-order valence-corrected chi connectivity index (χ3v) is 5.34. The summed E-state index contributed by atoms with van der Waals surface area (Å²) in [7, 11) is 1.75. The van der Waals surface area contributed by atoms with Gasteiger partial charge in [-0.15, -0.1) is 11.3 Å². The molecule has 0 spiro atoms. The van der Waals surface area contributed by atoms with Crippen LogP contribution in [0.1, 0.15) is 22.2 Å². The monoisotopic (exact) mass is 411 g/mol. The van der Waals surface area contributed by atoms with E-state index in [2.05, 4.69) is 11.8 Å². The van der Waals surface area contributed by atoms with E-state index in [1.54, 1.807) is 24.6 Å². The van der Waals surface area contributed by atoms with Crippen LogP contribution >= 0.6 is 11.3 Å². The molecule has 3 aromatic rings. The number of rotatable bonds is 5. The minimum atomic E-state index is -0.942. The molecule has 0 saturated carbocycles. The van der Waals surface area contributed by atoms with Crippen molar-refractivity contribution in [3.8, 4) is 11.8 Å². The molecule has 150 valence electrons. The molecule has 3 rings (SSSR count). The van der Waals surface area contributed by atoms with Crippen molar-refractivity contribution in [3.63, 3.8) is 0 Å². The second kappa shape index (κ2) is 8.92. The number of benzene rings is 1. The molecule has 8 heteroatoms. The van der Waals surface area contributed by atoms with Gasteiger partial charge in [-0.05, 0) is 48.2 Å². The van der Waals surface area contributed by atoms with E-state index < -0.39 is 12.1 Å². The van der Waals surface area contributed by atoms with Crippen molar-refractivity contribution in [3.05, 3.63) is 68.1 Å². The van der Waals surface area contributed by atoms with Crippen LogP contribution in [0.25, 0.3) is 10.9 Å². The first-order valence-corrected chi connectivity index (χ1v) is 9.71. The Balaban J connectivity index is 1.58. The van der Waals surface area contributed by atoms with Gasteiger partial charge in [0.1, 0.15) is 6.04 Å². The number of amides is 2. The molecule has 29 heavy (non-hydrogen) atoms. The number of hydroxylamine groups is 2. The molecule has 0 fully saturated rings. The van der Waals surface area contributed by atoms with Crippen LogP contribution in [0.5, 0.6) is 0 Å². The van der Waals surface area contributed by atoms with Crippen LogP contribution in [0.2, 0.25) is 0 Å². The highest BCUT2D eigenvalue weighted by atomic mass is 32.1. The largest absolute Gasteiger partial charge is 0.371 e.